The van der Waals surface area contributed by atoms with Crippen LogP contribution in [0.2, 0.25) is 0 Å². The van der Waals surface area contributed by atoms with Crippen LogP contribution in [0.4, 0.5) is 4.79 Å². The first-order valence-corrected chi connectivity index (χ1v) is 15.6. The molecule has 7 rings (SSSR count). The van der Waals surface area contributed by atoms with Crippen LogP contribution in [0.15, 0.2) is 134 Å². The van der Waals surface area contributed by atoms with Gasteiger partial charge in [0, 0.05) is 6.54 Å². The Morgan fingerprint density at radius 3 is 1.80 bits per heavy atom. The largest absolute Gasteiger partial charge is 0.465 e. The molecule has 0 spiro atoms. The van der Waals surface area contributed by atoms with Crippen LogP contribution in [-0.2, 0) is 12.0 Å². The second-order valence-corrected chi connectivity index (χ2v) is 13.0. The van der Waals surface area contributed by atoms with Crippen LogP contribution in [0.25, 0.3) is 22.2 Å². The minimum atomic E-state index is -0.859. The average molecular weight is 592 g/mol. The van der Waals surface area contributed by atoms with Gasteiger partial charge >= 0.3 is 6.09 Å². The van der Waals surface area contributed by atoms with E-state index in [1.54, 1.807) is 4.90 Å². The molecule has 5 heteroatoms. The number of fused-ring (bicyclic) bond motifs is 2. The number of nitrogens with zero attached hydrogens (tertiary/aromatic N) is 3. The summed E-state index contributed by atoms with van der Waals surface area (Å²) in [5, 5.41) is 9.97. The molecule has 1 aliphatic heterocycles. The van der Waals surface area contributed by atoms with Crippen molar-refractivity contribution in [1.29, 1.82) is 0 Å². The minimum absolute atomic E-state index is 0.194. The lowest BCUT2D eigenvalue weighted by Crippen LogP contribution is -2.44. The Balaban J connectivity index is 1.43. The monoisotopic (exact) mass is 591 g/mol. The van der Waals surface area contributed by atoms with Crippen LogP contribution in [0.5, 0.6) is 0 Å². The Kier molecular flexibility index (Phi) is 7.04. The Hall–Kier alpha value is -5.16. The Morgan fingerprint density at radius 2 is 1.27 bits per heavy atom. The number of hydrogen-bond donors (Lipinski definition) is 1. The molecule has 0 radical (unpaired) electrons. The molecule has 0 saturated carbocycles. The standard InChI is InChI=1S/C40H37N3O2/c1-39(2,3)37-34-21-19-28(25-30(34)23-24-42(37)38(44)45)29-20-22-35-36(26-29)43(27-41-35)40(31-13-7-4-8-14-31,32-15-9-5-10-16-32)33-17-11-6-12-18-33/h4-22,25-27,37H,23-24H2,1-3H3,(H,44,45). The summed E-state index contributed by atoms with van der Waals surface area (Å²) < 4.78 is 2.32. The molecular formula is C40H37N3O2. The minimum Gasteiger partial charge on any atom is -0.465 e. The number of amides is 1. The third kappa shape index (κ3) is 4.80. The maximum atomic E-state index is 12.1. The summed E-state index contributed by atoms with van der Waals surface area (Å²) in [5.74, 6) is 0. The molecule has 0 saturated heterocycles. The number of carbonyl (C=O) groups is 1. The van der Waals surface area contributed by atoms with Gasteiger partial charge in [-0.3, -0.25) is 0 Å². The zero-order valence-corrected chi connectivity index (χ0v) is 25.9. The summed E-state index contributed by atoms with van der Waals surface area (Å²) in [6, 6.07) is 44.8. The van der Waals surface area contributed by atoms with Gasteiger partial charge in [-0.2, -0.15) is 0 Å². The van der Waals surface area contributed by atoms with Gasteiger partial charge in [-0.15, -0.1) is 0 Å². The molecule has 1 aliphatic rings. The normalized spacial score (nSPS) is 15.2. The zero-order valence-electron chi connectivity index (χ0n) is 25.9. The maximum Gasteiger partial charge on any atom is 0.407 e. The van der Waals surface area contributed by atoms with Crippen molar-refractivity contribution in [3.05, 3.63) is 162 Å². The van der Waals surface area contributed by atoms with Gasteiger partial charge < -0.3 is 14.6 Å². The van der Waals surface area contributed by atoms with E-state index in [1.165, 1.54) is 5.56 Å². The van der Waals surface area contributed by atoms with E-state index in [0.29, 0.717) is 13.0 Å². The van der Waals surface area contributed by atoms with Gasteiger partial charge in [0.25, 0.3) is 0 Å². The van der Waals surface area contributed by atoms with Crippen LogP contribution >= 0.6 is 0 Å². The van der Waals surface area contributed by atoms with E-state index in [9.17, 15) is 9.90 Å². The fraction of sp³-hybridized carbons (Fsp3) is 0.200. The van der Waals surface area contributed by atoms with Crippen molar-refractivity contribution in [2.75, 3.05) is 6.54 Å². The van der Waals surface area contributed by atoms with Gasteiger partial charge in [0.2, 0.25) is 0 Å². The number of hydrogen-bond acceptors (Lipinski definition) is 2. The van der Waals surface area contributed by atoms with E-state index in [2.05, 4.69) is 153 Å². The molecule has 5 aromatic carbocycles. The van der Waals surface area contributed by atoms with Gasteiger partial charge in [0.1, 0.15) is 5.54 Å². The van der Waals surface area contributed by atoms with Crippen LogP contribution in [0.1, 0.15) is 54.6 Å². The predicted molar refractivity (Wildman–Crippen MR) is 180 cm³/mol. The Morgan fingerprint density at radius 1 is 0.733 bits per heavy atom. The fourth-order valence-corrected chi connectivity index (χ4v) is 7.36. The summed E-state index contributed by atoms with van der Waals surface area (Å²) in [6.07, 6.45) is 1.81. The van der Waals surface area contributed by atoms with Gasteiger partial charge in [0.15, 0.2) is 0 Å². The molecule has 5 nitrogen and oxygen atoms in total. The molecule has 1 unspecified atom stereocenters. The highest BCUT2D eigenvalue weighted by atomic mass is 16.4. The average Bonchev–Trinajstić information content (AvgIpc) is 3.49. The Labute approximate surface area is 264 Å². The van der Waals surface area contributed by atoms with Gasteiger partial charge in [-0.05, 0) is 62.9 Å². The summed E-state index contributed by atoms with van der Waals surface area (Å²) in [6.45, 7) is 6.84. The molecule has 1 aromatic heterocycles. The molecule has 2 heterocycles. The number of aromatic nitrogens is 2. The van der Waals surface area contributed by atoms with Crippen molar-refractivity contribution >= 4 is 17.1 Å². The van der Waals surface area contributed by atoms with E-state index in [4.69, 9.17) is 4.98 Å². The predicted octanol–water partition coefficient (Wildman–Crippen LogP) is 9.17. The van der Waals surface area contributed by atoms with Crippen molar-refractivity contribution in [2.45, 2.75) is 38.8 Å². The van der Waals surface area contributed by atoms with E-state index >= 15 is 0 Å². The first-order chi connectivity index (χ1) is 21.8. The highest BCUT2D eigenvalue weighted by molar-refractivity contribution is 5.83. The fourth-order valence-electron chi connectivity index (χ4n) is 7.36. The van der Waals surface area contributed by atoms with Crippen molar-refractivity contribution < 1.29 is 9.90 Å². The lowest BCUT2D eigenvalue weighted by molar-refractivity contribution is 0.0759. The molecule has 0 bridgehead atoms. The maximum absolute atomic E-state index is 12.1. The summed E-state index contributed by atoms with van der Waals surface area (Å²) in [5.41, 5.74) is 9.05. The molecule has 6 aromatic rings. The number of imidazole rings is 1. The van der Waals surface area contributed by atoms with Crippen molar-refractivity contribution in [1.82, 2.24) is 14.5 Å². The number of rotatable bonds is 5. The van der Waals surface area contributed by atoms with Crippen molar-refractivity contribution in [2.24, 2.45) is 5.41 Å². The third-order valence-corrected chi connectivity index (χ3v) is 9.25. The van der Waals surface area contributed by atoms with E-state index < -0.39 is 11.6 Å². The topological polar surface area (TPSA) is 58.4 Å². The molecule has 224 valence electrons. The zero-order chi connectivity index (χ0) is 31.2. The number of carboxylic acid groups (broad SMARTS) is 1. The Bertz CT molecular complexity index is 1880. The van der Waals surface area contributed by atoms with Crippen LogP contribution in [0.3, 0.4) is 0 Å². The summed E-state index contributed by atoms with van der Waals surface area (Å²) in [7, 11) is 0. The smallest absolute Gasteiger partial charge is 0.407 e. The van der Waals surface area contributed by atoms with Gasteiger partial charge in [-0.25, -0.2) is 9.78 Å². The number of benzene rings is 5. The molecule has 45 heavy (non-hydrogen) atoms. The van der Waals surface area contributed by atoms with Gasteiger partial charge in [0.05, 0.1) is 23.4 Å². The van der Waals surface area contributed by atoms with Crippen LogP contribution in [-0.4, -0.2) is 32.2 Å². The molecular weight excluding hydrogens is 554 g/mol. The lowest BCUT2D eigenvalue weighted by atomic mass is 9.76. The van der Waals surface area contributed by atoms with Crippen LogP contribution in [0, 0.1) is 5.41 Å². The van der Waals surface area contributed by atoms with Crippen molar-refractivity contribution in [3.8, 4) is 11.1 Å². The SMILES string of the molecule is CC(C)(C)C1c2ccc(-c3ccc4ncn(C(c5ccccc5)(c5ccccc5)c5ccccc5)c4c3)cc2CCN1C(=O)O. The molecule has 1 atom stereocenters. The summed E-state index contributed by atoms with van der Waals surface area (Å²) in [4.78, 5) is 18.7. The lowest BCUT2D eigenvalue weighted by Gasteiger charge is -2.43. The van der Waals surface area contributed by atoms with Crippen LogP contribution < -0.4 is 0 Å². The highest BCUT2D eigenvalue weighted by Crippen LogP contribution is 2.45. The molecule has 0 aliphatic carbocycles. The second-order valence-electron chi connectivity index (χ2n) is 13.0. The van der Waals surface area contributed by atoms with E-state index in [0.717, 1.165) is 44.4 Å². The van der Waals surface area contributed by atoms with Crippen molar-refractivity contribution in [3.63, 3.8) is 0 Å². The molecule has 1 amide bonds. The van der Waals surface area contributed by atoms with E-state index in [1.807, 2.05) is 6.33 Å². The molecule has 0 fully saturated rings. The summed E-state index contributed by atoms with van der Waals surface area (Å²) >= 11 is 0. The quantitative estimate of drug-likeness (QED) is 0.203. The first kappa shape index (κ1) is 28.6. The second kappa shape index (κ2) is 11.1. The molecule has 1 N–H and O–H groups in total. The third-order valence-electron chi connectivity index (χ3n) is 9.25. The first-order valence-electron chi connectivity index (χ1n) is 15.6. The highest BCUT2D eigenvalue weighted by Gasteiger charge is 2.40. The van der Waals surface area contributed by atoms with Gasteiger partial charge in [-0.1, -0.05) is 136 Å². The van der Waals surface area contributed by atoms with E-state index in [-0.39, 0.29) is 11.5 Å².